The summed E-state index contributed by atoms with van der Waals surface area (Å²) in [5.41, 5.74) is 6.22. The zero-order valence-electron chi connectivity index (χ0n) is 13.0. The van der Waals surface area contributed by atoms with Crippen LogP contribution in [-0.2, 0) is 0 Å². The maximum absolute atomic E-state index is 6.09. The van der Waals surface area contributed by atoms with Gasteiger partial charge in [0.05, 0.1) is 11.4 Å². The fourth-order valence-electron chi connectivity index (χ4n) is 3.08. The number of hydrogen-bond acceptors (Lipinski definition) is 2. The first-order valence-electron chi connectivity index (χ1n) is 7.58. The standard InChI is InChI=1S/C20H16ClNS/c1-13-5-3-7-17-19(13)22(16-11-9-15(21)10-12-16)20-14(2)6-4-8-18(20)23-17/h3-12H,1-2H3. The van der Waals surface area contributed by atoms with Crippen LogP contribution in [0.4, 0.5) is 17.1 Å². The number of nitrogens with zero attached hydrogens (tertiary/aromatic N) is 1. The first-order chi connectivity index (χ1) is 11.1. The Morgan fingerprint density at radius 1 is 0.739 bits per heavy atom. The van der Waals surface area contributed by atoms with Crippen LogP contribution < -0.4 is 4.90 Å². The molecule has 0 atom stereocenters. The van der Waals surface area contributed by atoms with E-state index < -0.39 is 0 Å². The van der Waals surface area contributed by atoms with Crippen molar-refractivity contribution in [1.82, 2.24) is 0 Å². The van der Waals surface area contributed by atoms with Crippen LogP contribution in [0.25, 0.3) is 0 Å². The molecule has 0 amide bonds. The van der Waals surface area contributed by atoms with Gasteiger partial charge in [-0.15, -0.1) is 0 Å². The molecule has 1 heterocycles. The number of benzene rings is 3. The number of halogens is 1. The number of rotatable bonds is 1. The summed E-state index contributed by atoms with van der Waals surface area (Å²) in [6.07, 6.45) is 0. The molecule has 0 saturated heterocycles. The minimum atomic E-state index is 0.759. The van der Waals surface area contributed by atoms with Crippen molar-refractivity contribution in [1.29, 1.82) is 0 Å². The molecule has 0 unspecified atom stereocenters. The van der Waals surface area contributed by atoms with Crippen LogP contribution in [0.2, 0.25) is 5.02 Å². The van der Waals surface area contributed by atoms with Crippen LogP contribution in [0.5, 0.6) is 0 Å². The van der Waals surface area contributed by atoms with Crippen LogP contribution in [0.1, 0.15) is 11.1 Å². The van der Waals surface area contributed by atoms with Gasteiger partial charge in [-0.1, -0.05) is 47.6 Å². The highest BCUT2D eigenvalue weighted by atomic mass is 35.5. The molecule has 0 spiro atoms. The van der Waals surface area contributed by atoms with Crippen LogP contribution in [-0.4, -0.2) is 0 Å². The summed E-state index contributed by atoms with van der Waals surface area (Å²) in [4.78, 5) is 4.94. The van der Waals surface area contributed by atoms with Crippen LogP contribution in [0.15, 0.2) is 70.5 Å². The van der Waals surface area contributed by atoms with Crippen molar-refractivity contribution >= 4 is 40.4 Å². The molecule has 23 heavy (non-hydrogen) atoms. The number of para-hydroxylation sites is 2. The van der Waals surface area contributed by atoms with E-state index in [0.717, 1.165) is 10.7 Å². The predicted octanol–water partition coefficient (Wildman–Crippen LogP) is 6.89. The van der Waals surface area contributed by atoms with Gasteiger partial charge in [-0.05, 0) is 61.4 Å². The molecule has 0 fully saturated rings. The Kier molecular flexibility index (Phi) is 3.59. The largest absolute Gasteiger partial charge is 0.308 e. The first-order valence-corrected chi connectivity index (χ1v) is 8.77. The molecule has 1 aliphatic heterocycles. The first kappa shape index (κ1) is 14.7. The van der Waals surface area contributed by atoms with Crippen LogP contribution >= 0.6 is 23.4 Å². The van der Waals surface area contributed by atoms with Gasteiger partial charge >= 0.3 is 0 Å². The second kappa shape index (κ2) is 5.63. The van der Waals surface area contributed by atoms with Gasteiger partial charge in [-0.3, -0.25) is 0 Å². The van der Waals surface area contributed by atoms with E-state index >= 15 is 0 Å². The molecule has 4 rings (SSSR count). The predicted molar refractivity (Wildman–Crippen MR) is 99.7 cm³/mol. The SMILES string of the molecule is Cc1cccc2c1N(c1ccc(Cl)cc1)c1c(C)cccc1S2. The van der Waals surface area contributed by atoms with E-state index in [4.69, 9.17) is 11.6 Å². The van der Waals surface area contributed by atoms with Gasteiger partial charge in [0, 0.05) is 20.5 Å². The highest BCUT2D eigenvalue weighted by Gasteiger charge is 2.27. The molecule has 3 heteroatoms. The fourth-order valence-corrected chi connectivity index (χ4v) is 4.43. The molecule has 0 radical (unpaired) electrons. The number of aryl methyl sites for hydroxylation is 2. The highest BCUT2D eigenvalue weighted by Crippen LogP contribution is 2.53. The summed E-state index contributed by atoms with van der Waals surface area (Å²) in [6, 6.07) is 21.1. The molecular weight excluding hydrogens is 322 g/mol. The van der Waals surface area contributed by atoms with Crippen molar-refractivity contribution < 1.29 is 0 Å². The molecule has 0 bridgehead atoms. The molecule has 0 N–H and O–H groups in total. The Bertz CT molecular complexity index is 835. The lowest BCUT2D eigenvalue weighted by atomic mass is 10.1. The van der Waals surface area contributed by atoms with Crippen molar-refractivity contribution in [2.75, 3.05) is 4.90 Å². The second-order valence-corrected chi connectivity index (χ2v) is 7.28. The van der Waals surface area contributed by atoms with E-state index in [1.54, 1.807) is 0 Å². The average molecular weight is 338 g/mol. The molecule has 0 aliphatic carbocycles. The Morgan fingerprint density at radius 3 is 1.78 bits per heavy atom. The van der Waals surface area contributed by atoms with Crippen molar-refractivity contribution in [2.45, 2.75) is 23.6 Å². The monoisotopic (exact) mass is 337 g/mol. The lowest BCUT2D eigenvalue weighted by Gasteiger charge is -2.35. The minimum absolute atomic E-state index is 0.759. The topological polar surface area (TPSA) is 3.24 Å². The van der Waals surface area contributed by atoms with Crippen LogP contribution in [0, 0.1) is 13.8 Å². The summed E-state index contributed by atoms with van der Waals surface area (Å²) >= 11 is 7.94. The molecule has 1 nitrogen and oxygen atoms in total. The minimum Gasteiger partial charge on any atom is -0.308 e. The second-order valence-electron chi connectivity index (χ2n) is 5.76. The smallest absolute Gasteiger partial charge is 0.0630 e. The van der Waals surface area contributed by atoms with Gasteiger partial charge < -0.3 is 4.90 Å². The van der Waals surface area contributed by atoms with E-state index in [1.807, 2.05) is 23.9 Å². The summed E-state index contributed by atoms with van der Waals surface area (Å²) in [5.74, 6) is 0. The van der Waals surface area contributed by atoms with E-state index in [1.165, 1.54) is 32.3 Å². The quantitative estimate of drug-likeness (QED) is 0.372. The molecule has 0 aromatic heterocycles. The fraction of sp³-hybridized carbons (Fsp3) is 0.100. The number of anilines is 3. The number of fused-ring (bicyclic) bond motifs is 2. The highest BCUT2D eigenvalue weighted by molar-refractivity contribution is 7.99. The summed E-state index contributed by atoms with van der Waals surface area (Å²) in [7, 11) is 0. The van der Waals surface area contributed by atoms with E-state index in [2.05, 4.69) is 67.3 Å². The third kappa shape index (κ3) is 2.43. The molecular formula is C20H16ClNS. The van der Waals surface area contributed by atoms with E-state index in [9.17, 15) is 0 Å². The van der Waals surface area contributed by atoms with Gasteiger partial charge in [0.25, 0.3) is 0 Å². The molecule has 3 aromatic carbocycles. The average Bonchev–Trinajstić information content (AvgIpc) is 2.54. The molecule has 0 saturated carbocycles. The van der Waals surface area contributed by atoms with Crippen molar-refractivity contribution in [3.63, 3.8) is 0 Å². The molecule has 114 valence electrons. The Morgan fingerprint density at radius 2 is 1.26 bits per heavy atom. The summed E-state index contributed by atoms with van der Waals surface area (Å²) in [6.45, 7) is 4.34. The van der Waals surface area contributed by atoms with E-state index in [-0.39, 0.29) is 0 Å². The number of hydrogen-bond donors (Lipinski definition) is 0. The maximum atomic E-state index is 6.09. The van der Waals surface area contributed by atoms with Crippen molar-refractivity contribution in [2.24, 2.45) is 0 Å². The zero-order chi connectivity index (χ0) is 16.0. The third-order valence-corrected chi connectivity index (χ3v) is 5.50. The van der Waals surface area contributed by atoms with Crippen molar-refractivity contribution in [3.8, 4) is 0 Å². The summed E-state index contributed by atoms with van der Waals surface area (Å²) < 4.78 is 0. The molecule has 3 aromatic rings. The van der Waals surface area contributed by atoms with Gasteiger partial charge in [-0.25, -0.2) is 0 Å². The van der Waals surface area contributed by atoms with Gasteiger partial charge in [0.2, 0.25) is 0 Å². The summed E-state index contributed by atoms with van der Waals surface area (Å²) in [5, 5.41) is 0.759. The van der Waals surface area contributed by atoms with Crippen LogP contribution in [0.3, 0.4) is 0 Å². The van der Waals surface area contributed by atoms with Gasteiger partial charge in [0.15, 0.2) is 0 Å². The maximum Gasteiger partial charge on any atom is 0.0630 e. The normalized spacial score (nSPS) is 12.7. The third-order valence-electron chi connectivity index (χ3n) is 4.15. The van der Waals surface area contributed by atoms with Crippen molar-refractivity contribution in [3.05, 3.63) is 76.8 Å². The lowest BCUT2D eigenvalue weighted by Crippen LogP contribution is -2.17. The van der Waals surface area contributed by atoms with E-state index in [0.29, 0.717) is 0 Å². The Hall–Kier alpha value is -1.90. The van der Waals surface area contributed by atoms with Gasteiger partial charge in [0.1, 0.15) is 0 Å². The molecule has 1 aliphatic rings. The zero-order valence-corrected chi connectivity index (χ0v) is 14.6. The lowest BCUT2D eigenvalue weighted by molar-refractivity contribution is 1.12. The Balaban J connectivity index is 2.02. The Labute approximate surface area is 145 Å². The van der Waals surface area contributed by atoms with Gasteiger partial charge in [-0.2, -0.15) is 0 Å².